The van der Waals surface area contributed by atoms with Crippen LogP contribution in [0.2, 0.25) is 0 Å². The van der Waals surface area contributed by atoms with Crippen molar-refractivity contribution in [3.8, 4) is 0 Å². The molecule has 0 aliphatic heterocycles. The quantitative estimate of drug-likeness (QED) is 0.702. The normalized spacial score (nSPS) is 14.5. The minimum atomic E-state index is 0.346. The van der Waals surface area contributed by atoms with E-state index in [2.05, 4.69) is 38.0 Å². The predicted molar refractivity (Wildman–Crippen MR) is 53.5 cm³/mol. The zero-order valence-corrected chi connectivity index (χ0v) is 9.20. The largest absolute Gasteiger partial charge is 0.250 e. The highest BCUT2D eigenvalue weighted by atomic mass is 15.4. The molecule has 0 radical (unpaired) electrons. The molecule has 0 aliphatic carbocycles. The third kappa shape index (κ3) is 3.17. The minimum absolute atomic E-state index is 0.346. The Morgan fingerprint density at radius 3 is 2.46 bits per heavy atom. The molecule has 1 aromatic rings. The molecule has 1 unspecified atom stereocenters. The average molecular weight is 181 g/mol. The lowest BCUT2D eigenvalue weighted by molar-refractivity contribution is 0.290. The SMILES string of the molecule is Cc1cn(C(C)CC(C)(C)C)nn1. The fourth-order valence-corrected chi connectivity index (χ4v) is 1.56. The molecule has 1 atom stereocenters. The molecular weight excluding hydrogens is 162 g/mol. The van der Waals surface area contributed by atoms with Crippen LogP contribution in [0.1, 0.15) is 45.9 Å². The fraction of sp³-hybridized carbons (Fsp3) is 0.800. The van der Waals surface area contributed by atoms with Crippen molar-refractivity contribution in [2.75, 3.05) is 0 Å². The Hall–Kier alpha value is -0.860. The van der Waals surface area contributed by atoms with E-state index in [-0.39, 0.29) is 0 Å². The van der Waals surface area contributed by atoms with Crippen LogP contribution in [0.25, 0.3) is 0 Å². The van der Waals surface area contributed by atoms with Crippen molar-refractivity contribution < 1.29 is 0 Å². The van der Waals surface area contributed by atoms with Gasteiger partial charge in [0.1, 0.15) is 0 Å². The first-order valence-corrected chi connectivity index (χ1v) is 4.77. The zero-order chi connectivity index (χ0) is 10.1. The van der Waals surface area contributed by atoms with Gasteiger partial charge in [-0.1, -0.05) is 26.0 Å². The number of rotatable bonds is 2. The Kier molecular flexibility index (Phi) is 2.74. The Balaban J connectivity index is 2.64. The summed E-state index contributed by atoms with van der Waals surface area (Å²) in [5.41, 5.74) is 1.33. The van der Waals surface area contributed by atoms with Gasteiger partial charge in [-0.3, -0.25) is 0 Å². The molecule has 13 heavy (non-hydrogen) atoms. The second kappa shape index (κ2) is 3.48. The van der Waals surface area contributed by atoms with Crippen molar-refractivity contribution in [1.82, 2.24) is 15.0 Å². The second-order valence-corrected chi connectivity index (χ2v) is 4.95. The Morgan fingerprint density at radius 2 is 2.08 bits per heavy atom. The predicted octanol–water partition coefficient (Wildman–Crippen LogP) is 2.58. The van der Waals surface area contributed by atoms with Crippen molar-refractivity contribution >= 4 is 0 Å². The minimum Gasteiger partial charge on any atom is -0.250 e. The van der Waals surface area contributed by atoms with Crippen LogP contribution in [0.5, 0.6) is 0 Å². The first-order valence-electron chi connectivity index (χ1n) is 4.77. The third-order valence-corrected chi connectivity index (χ3v) is 1.98. The van der Waals surface area contributed by atoms with Gasteiger partial charge in [0.25, 0.3) is 0 Å². The van der Waals surface area contributed by atoms with Crippen molar-refractivity contribution in [3.63, 3.8) is 0 Å². The highest BCUT2D eigenvalue weighted by molar-refractivity contribution is 4.88. The van der Waals surface area contributed by atoms with Crippen LogP contribution in [0.3, 0.4) is 0 Å². The summed E-state index contributed by atoms with van der Waals surface area (Å²) in [7, 11) is 0. The van der Waals surface area contributed by atoms with Gasteiger partial charge in [0.05, 0.1) is 11.7 Å². The van der Waals surface area contributed by atoms with Crippen molar-refractivity contribution in [1.29, 1.82) is 0 Å². The maximum atomic E-state index is 4.07. The molecule has 0 saturated carbocycles. The van der Waals surface area contributed by atoms with Gasteiger partial charge in [0.2, 0.25) is 0 Å². The molecule has 3 heteroatoms. The summed E-state index contributed by atoms with van der Waals surface area (Å²) in [6, 6.07) is 0.432. The number of nitrogens with zero attached hydrogens (tertiary/aromatic N) is 3. The molecule has 0 aromatic carbocycles. The van der Waals surface area contributed by atoms with E-state index in [0.717, 1.165) is 12.1 Å². The second-order valence-electron chi connectivity index (χ2n) is 4.95. The summed E-state index contributed by atoms with van der Waals surface area (Å²) < 4.78 is 1.95. The summed E-state index contributed by atoms with van der Waals surface area (Å²) in [4.78, 5) is 0. The summed E-state index contributed by atoms with van der Waals surface area (Å²) in [6.07, 6.45) is 3.12. The summed E-state index contributed by atoms with van der Waals surface area (Å²) in [5.74, 6) is 0. The van der Waals surface area contributed by atoms with Gasteiger partial charge in [0, 0.05) is 6.20 Å². The van der Waals surface area contributed by atoms with Crippen molar-refractivity contribution in [3.05, 3.63) is 11.9 Å². The summed E-state index contributed by atoms with van der Waals surface area (Å²) >= 11 is 0. The van der Waals surface area contributed by atoms with Crippen LogP contribution < -0.4 is 0 Å². The Bertz CT molecular complexity index is 270. The van der Waals surface area contributed by atoms with Gasteiger partial charge in [-0.25, -0.2) is 4.68 Å². The smallest absolute Gasteiger partial charge is 0.0796 e. The molecule has 0 amide bonds. The maximum absolute atomic E-state index is 4.07. The van der Waals surface area contributed by atoms with E-state index in [1.807, 2.05) is 17.8 Å². The Morgan fingerprint density at radius 1 is 1.46 bits per heavy atom. The van der Waals surface area contributed by atoms with Crippen LogP contribution in [0.15, 0.2) is 6.20 Å². The monoisotopic (exact) mass is 181 g/mol. The van der Waals surface area contributed by atoms with E-state index in [9.17, 15) is 0 Å². The summed E-state index contributed by atoms with van der Waals surface area (Å²) in [5, 5.41) is 8.05. The molecule has 74 valence electrons. The van der Waals surface area contributed by atoms with Gasteiger partial charge in [-0.15, -0.1) is 5.10 Å². The standard InChI is InChI=1S/C10H19N3/c1-8-7-13(12-11-8)9(2)6-10(3,4)5/h7,9H,6H2,1-5H3. The number of hydrogen-bond donors (Lipinski definition) is 0. The fourth-order valence-electron chi connectivity index (χ4n) is 1.56. The first kappa shape index (κ1) is 10.2. The van der Waals surface area contributed by atoms with E-state index in [1.165, 1.54) is 0 Å². The van der Waals surface area contributed by atoms with Crippen LogP contribution in [0, 0.1) is 12.3 Å². The van der Waals surface area contributed by atoms with Gasteiger partial charge >= 0.3 is 0 Å². The number of aryl methyl sites for hydroxylation is 1. The molecule has 0 fully saturated rings. The molecule has 0 bridgehead atoms. The van der Waals surface area contributed by atoms with Crippen LogP contribution in [0.4, 0.5) is 0 Å². The lowest BCUT2D eigenvalue weighted by atomic mass is 9.89. The average Bonchev–Trinajstić information content (AvgIpc) is 2.31. The summed E-state index contributed by atoms with van der Waals surface area (Å²) in [6.45, 7) is 10.9. The lowest BCUT2D eigenvalue weighted by Crippen LogP contribution is -2.15. The van der Waals surface area contributed by atoms with Crippen molar-refractivity contribution in [2.45, 2.75) is 47.1 Å². The van der Waals surface area contributed by atoms with Crippen molar-refractivity contribution in [2.24, 2.45) is 5.41 Å². The number of aromatic nitrogens is 3. The third-order valence-electron chi connectivity index (χ3n) is 1.98. The van der Waals surface area contributed by atoms with Gasteiger partial charge in [-0.2, -0.15) is 0 Å². The first-order chi connectivity index (χ1) is 5.88. The number of hydrogen-bond acceptors (Lipinski definition) is 2. The van der Waals surface area contributed by atoms with Crippen LogP contribution >= 0.6 is 0 Å². The zero-order valence-electron chi connectivity index (χ0n) is 9.20. The highest BCUT2D eigenvalue weighted by Crippen LogP contribution is 2.26. The van der Waals surface area contributed by atoms with Crippen LogP contribution in [-0.4, -0.2) is 15.0 Å². The lowest BCUT2D eigenvalue weighted by Gasteiger charge is -2.22. The molecule has 1 heterocycles. The van der Waals surface area contributed by atoms with E-state index in [0.29, 0.717) is 11.5 Å². The molecule has 1 aromatic heterocycles. The topological polar surface area (TPSA) is 30.7 Å². The Labute approximate surface area is 80.1 Å². The highest BCUT2D eigenvalue weighted by Gasteiger charge is 2.16. The molecule has 0 saturated heterocycles. The molecule has 3 nitrogen and oxygen atoms in total. The molecule has 0 spiro atoms. The molecule has 0 N–H and O–H groups in total. The van der Waals surface area contributed by atoms with E-state index in [4.69, 9.17) is 0 Å². The van der Waals surface area contributed by atoms with Gasteiger partial charge in [-0.05, 0) is 25.7 Å². The van der Waals surface area contributed by atoms with Crippen LogP contribution in [-0.2, 0) is 0 Å². The van der Waals surface area contributed by atoms with E-state index < -0.39 is 0 Å². The van der Waals surface area contributed by atoms with Gasteiger partial charge < -0.3 is 0 Å². The van der Waals surface area contributed by atoms with Gasteiger partial charge in [0.15, 0.2) is 0 Å². The molecular formula is C10H19N3. The maximum Gasteiger partial charge on any atom is 0.0796 e. The molecule has 1 rings (SSSR count). The van der Waals surface area contributed by atoms with E-state index in [1.54, 1.807) is 0 Å². The molecule has 0 aliphatic rings. The van der Waals surface area contributed by atoms with E-state index >= 15 is 0 Å².